The van der Waals surface area contributed by atoms with Gasteiger partial charge in [0.2, 0.25) is 0 Å². The van der Waals surface area contributed by atoms with E-state index in [0.717, 1.165) is 54.6 Å². The first-order chi connectivity index (χ1) is 13.7. The molecule has 5 nitrogen and oxygen atoms in total. The van der Waals surface area contributed by atoms with E-state index in [4.69, 9.17) is 4.74 Å². The molecule has 1 aliphatic rings. The molecule has 1 saturated heterocycles. The third-order valence-electron chi connectivity index (χ3n) is 5.76. The van der Waals surface area contributed by atoms with E-state index < -0.39 is 0 Å². The predicted molar refractivity (Wildman–Crippen MR) is 111 cm³/mol. The Kier molecular flexibility index (Phi) is 5.33. The maximum atomic E-state index is 13.2. The number of carbonyl (C=O) groups excluding carboxylic acids is 1. The van der Waals surface area contributed by atoms with Gasteiger partial charge in [-0.05, 0) is 68.0 Å². The molecule has 0 N–H and O–H groups in total. The van der Waals surface area contributed by atoms with Crippen LogP contribution in [0, 0.1) is 0 Å². The van der Waals surface area contributed by atoms with Gasteiger partial charge in [-0.15, -0.1) is 0 Å². The summed E-state index contributed by atoms with van der Waals surface area (Å²) < 4.78 is 7.30. The Bertz CT molecular complexity index is 979. The zero-order valence-electron chi connectivity index (χ0n) is 16.6. The normalized spacial score (nSPS) is 17.1. The summed E-state index contributed by atoms with van der Waals surface area (Å²) >= 11 is 0. The lowest BCUT2D eigenvalue weighted by molar-refractivity contribution is 0.0602. The van der Waals surface area contributed by atoms with Crippen LogP contribution in [0.5, 0.6) is 5.75 Å². The van der Waals surface area contributed by atoms with Gasteiger partial charge in [-0.3, -0.25) is 4.79 Å². The minimum Gasteiger partial charge on any atom is -0.497 e. The number of aromatic nitrogens is 2. The first kappa shape index (κ1) is 18.5. The second-order valence-corrected chi connectivity index (χ2v) is 7.60. The van der Waals surface area contributed by atoms with E-state index in [9.17, 15) is 4.79 Å². The second kappa shape index (κ2) is 8.05. The molecule has 5 heteroatoms. The zero-order valence-corrected chi connectivity index (χ0v) is 16.6. The van der Waals surface area contributed by atoms with Gasteiger partial charge in [-0.1, -0.05) is 12.1 Å². The third kappa shape index (κ3) is 3.75. The third-order valence-corrected chi connectivity index (χ3v) is 5.76. The van der Waals surface area contributed by atoms with Gasteiger partial charge in [0, 0.05) is 25.2 Å². The summed E-state index contributed by atoms with van der Waals surface area (Å²) in [5.41, 5.74) is 3.91. The summed E-state index contributed by atoms with van der Waals surface area (Å²) in [4.78, 5) is 19.7. The highest BCUT2D eigenvalue weighted by Crippen LogP contribution is 2.25. The van der Waals surface area contributed by atoms with Gasteiger partial charge in [0.05, 0.1) is 24.5 Å². The standard InChI is InChI=1S/C23H27N3O2/c1-25-16-24-21-15-18(10-12-22(21)25)23(27)26-13-4-3-7-19(26)11-9-17-6-5-8-20(14-17)28-2/h5-6,8,10,12,14-16,19H,3-4,7,9,11,13H2,1-2H3. The zero-order chi connectivity index (χ0) is 19.5. The molecule has 1 aromatic heterocycles. The van der Waals surface area contributed by atoms with Gasteiger partial charge >= 0.3 is 0 Å². The van der Waals surface area contributed by atoms with Gasteiger partial charge in [-0.2, -0.15) is 0 Å². The van der Waals surface area contributed by atoms with Crippen molar-refractivity contribution in [1.82, 2.24) is 14.5 Å². The number of piperidine rings is 1. The lowest BCUT2D eigenvalue weighted by atomic mass is 9.95. The van der Waals surface area contributed by atoms with E-state index in [1.54, 1.807) is 13.4 Å². The molecule has 1 atom stereocenters. The van der Waals surface area contributed by atoms with Crippen LogP contribution in [0.1, 0.15) is 41.6 Å². The largest absolute Gasteiger partial charge is 0.497 e. The van der Waals surface area contributed by atoms with Crippen molar-refractivity contribution in [1.29, 1.82) is 0 Å². The molecule has 146 valence electrons. The first-order valence-electron chi connectivity index (χ1n) is 10.0. The summed E-state index contributed by atoms with van der Waals surface area (Å²) in [5.74, 6) is 1.01. The molecule has 0 spiro atoms. The monoisotopic (exact) mass is 377 g/mol. The molecule has 0 radical (unpaired) electrons. The molecular weight excluding hydrogens is 350 g/mol. The van der Waals surface area contributed by atoms with Crippen LogP contribution in [0.15, 0.2) is 48.8 Å². The number of ether oxygens (including phenoxy) is 1. The number of aryl methyl sites for hydroxylation is 2. The molecule has 0 aliphatic carbocycles. The van der Waals surface area contributed by atoms with Crippen LogP contribution in [-0.2, 0) is 13.5 Å². The molecule has 4 rings (SSSR count). The van der Waals surface area contributed by atoms with Crippen molar-refractivity contribution in [2.45, 2.75) is 38.1 Å². The number of rotatable bonds is 5. The molecule has 28 heavy (non-hydrogen) atoms. The predicted octanol–water partition coefficient (Wildman–Crippen LogP) is 4.21. The van der Waals surface area contributed by atoms with E-state index >= 15 is 0 Å². The van der Waals surface area contributed by atoms with Crippen molar-refractivity contribution in [3.8, 4) is 5.75 Å². The number of imidazole rings is 1. The lowest BCUT2D eigenvalue weighted by Crippen LogP contribution is -2.44. The second-order valence-electron chi connectivity index (χ2n) is 7.60. The van der Waals surface area contributed by atoms with Crippen LogP contribution in [0.4, 0.5) is 0 Å². The number of carbonyl (C=O) groups is 1. The van der Waals surface area contributed by atoms with Crippen LogP contribution >= 0.6 is 0 Å². The number of amides is 1. The van der Waals surface area contributed by atoms with Gasteiger partial charge in [0.1, 0.15) is 5.75 Å². The van der Waals surface area contributed by atoms with Crippen LogP contribution in [0.3, 0.4) is 0 Å². The molecule has 1 unspecified atom stereocenters. The Morgan fingerprint density at radius 3 is 2.96 bits per heavy atom. The number of benzene rings is 2. The molecular formula is C23H27N3O2. The summed E-state index contributed by atoms with van der Waals surface area (Å²) in [6.07, 6.45) is 7.05. The summed E-state index contributed by atoms with van der Waals surface area (Å²) in [6, 6.07) is 14.3. The average Bonchev–Trinajstić information content (AvgIpc) is 3.12. The minimum atomic E-state index is 0.128. The average molecular weight is 377 g/mol. The van der Waals surface area contributed by atoms with Crippen molar-refractivity contribution in [2.24, 2.45) is 7.05 Å². The van der Waals surface area contributed by atoms with Crippen LogP contribution < -0.4 is 4.74 Å². The molecule has 1 amide bonds. The first-order valence-corrected chi connectivity index (χ1v) is 10.0. The van der Waals surface area contributed by atoms with Gasteiger partial charge in [-0.25, -0.2) is 4.98 Å². The molecule has 1 fully saturated rings. The lowest BCUT2D eigenvalue weighted by Gasteiger charge is -2.36. The molecule has 0 bridgehead atoms. The fourth-order valence-electron chi connectivity index (χ4n) is 4.16. The Morgan fingerprint density at radius 1 is 1.21 bits per heavy atom. The van der Waals surface area contributed by atoms with E-state index in [1.807, 2.05) is 41.9 Å². The van der Waals surface area contributed by atoms with E-state index in [2.05, 4.69) is 22.0 Å². The van der Waals surface area contributed by atoms with Crippen molar-refractivity contribution >= 4 is 16.9 Å². The molecule has 2 heterocycles. The molecule has 0 saturated carbocycles. The number of fused-ring (bicyclic) bond motifs is 1. The Hall–Kier alpha value is -2.82. The van der Waals surface area contributed by atoms with E-state index in [-0.39, 0.29) is 11.9 Å². The van der Waals surface area contributed by atoms with Crippen molar-refractivity contribution in [3.05, 3.63) is 59.9 Å². The summed E-state index contributed by atoms with van der Waals surface area (Å²) in [7, 11) is 3.66. The molecule has 2 aromatic carbocycles. The minimum absolute atomic E-state index is 0.128. The maximum absolute atomic E-state index is 13.2. The number of hydrogen-bond acceptors (Lipinski definition) is 3. The highest BCUT2D eigenvalue weighted by Gasteiger charge is 2.27. The Morgan fingerprint density at radius 2 is 2.11 bits per heavy atom. The van der Waals surface area contributed by atoms with Crippen LogP contribution in [0.25, 0.3) is 11.0 Å². The Labute approximate surface area is 165 Å². The quantitative estimate of drug-likeness (QED) is 0.669. The van der Waals surface area contributed by atoms with Crippen molar-refractivity contribution < 1.29 is 9.53 Å². The van der Waals surface area contributed by atoms with E-state index in [1.165, 1.54) is 12.0 Å². The maximum Gasteiger partial charge on any atom is 0.254 e. The highest BCUT2D eigenvalue weighted by atomic mass is 16.5. The van der Waals surface area contributed by atoms with Crippen LogP contribution in [-0.4, -0.2) is 40.1 Å². The fraction of sp³-hybridized carbons (Fsp3) is 0.391. The smallest absolute Gasteiger partial charge is 0.254 e. The number of nitrogens with zero attached hydrogens (tertiary/aromatic N) is 3. The van der Waals surface area contributed by atoms with Gasteiger partial charge in [0.15, 0.2) is 0 Å². The van der Waals surface area contributed by atoms with Gasteiger partial charge < -0.3 is 14.2 Å². The molecule has 3 aromatic rings. The van der Waals surface area contributed by atoms with E-state index in [0.29, 0.717) is 0 Å². The number of methoxy groups -OCH3 is 1. The van der Waals surface area contributed by atoms with Crippen molar-refractivity contribution in [3.63, 3.8) is 0 Å². The van der Waals surface area contributed by atoms with Crippen molar-refractivity contribution in [2.75, 3.05) is 13.7 Å². The molecule has 1 aliphatic heterocycles. The number of likely N-dealkylation sites (tertiary alicyclic amines) is 1. The van der Waals surface area contributed by atoms with Crippen LogP contribution in [0.2, 0.25) is 0 Å². The van der Waals surface area contributed by atoms with Gasteiger partial charge in [0.25, 0.3) is 5.91 Å². The fourth-order valence-corrected chi connectivity index (χ4v) is 4.16. The highest BCUT2D eigenvalue weighted by molar-refractivity contribution is 5.97. The summed E-state index contributed by atoms with van der Waals surface area (Å²) in [6.45, 7) is 0.835. The topological polar surface area (TPSA) is 47.4 Å². The summed E-state index contributed by atoms with van der Waals surface area (Å²) in [5, 5.41) is 0. The SMILES string of the molecule is COc1cccc(CCC2CCCCN2C(=O)c2ccc3c(c2)ncn3C)c1. The number of hydrogen-bond donors (Lipinski definition) is 0. The Balaban J connectivity index is 1.49.